The second-order valence-corrected chi connectivity index (χ2v) is 11.0. The summed E-state index contributed by atoms with van der Waals surface area (Å²) in [4.78, 5) is 12.8. The Morgan fingerprint density at radius 1 is 1.00 bits per heavy atom. The van der Waals surface area contributed by atoms with Crippen molar-refractivity contribution in [3.05, 3.63) is 71.8 Å². The van der Waals surface area contributed by atoms with E-state index in [-0.39, 0.29) is 16.3 Å². The summed E-state index contributed by atoms with van der Waals surface area (Å²) in [6.07, 6.45) is -4.85. The van der Waals surface area contributed by atoms with Crippen LogP contribution < -0.4 is 15.4 Å². The molecule has 3 aromatic carbocycles. The Morgan fingerprint density at radius 3 is 2.21 bits per heavy atom. The fraction of sp³-hybridized carbons (Fsp3) is 0.136. The van der Waals surface area contributed by atoms with Gasteiger partial charge in [0.05, 0.1) is 13.5 Å². The van der Waals surface area contributed by atoms with Gasteiger partial charge in [0, 0.05) is 33.2 Å². The van der Waals surface area contributed by atoms with E-state index in [9.17, 15) is 22.2 Å². The number of halogens is 4. The highest BCUT2D eigenvalue weighted by atomic mass is 35.5. The predicted molar refractivity (Wildman–Crippen MR) is 127 cm³/mol. The summed E-state index contributed by atoms with van der Waals surface area (Å²) in [5.74, 6) is -0.0565. The van der Waals surface area contributed by atoms with Crippen molar-refractivity contribution in [2.75, 3.05) is 16.4 Å². The van der Waals surface area contributed by atoms with Crippen LogP contribution in [0.5, 0.6) is 5.75 Å². The van der Waals surface area contributed by atoms with E-state index >= 15 is 0 Å². The van der Waals surface area contributed by atoms with Crippen LogP contribution in [0.25, 0.3) is 11.1 Å². The van der Waals surface area contributed by atoms with Crippen molar-refractivity contribution < 1.29 is 26.9 Å². The minimum atomic E-state index is -4.85. The number of urea groups is 1. The molecular formula is C22H18ClF3N2O3S2. The molecule has 2 N–H and O–H groups in total. The molecule has 174 valence electrons. The lowest BCUT2D eigenvalue weighted by Gasteiger charge is -2.15. The van der Waals surface area contributed by atoms with Crippen molar-refractivity contribution in [3.63, 3.8) is 0 Å². The van der Waals surface area contributed by atoms with Crippen molar-refractivity contribution in [2.24, 2.45) is 0 Å². The highest BCUT2D eigenvalue weighted by Gasteiger charge is 2.32. The zero-order valence-electron chi connectivity index (χ0n) is 17.1. The molecule has 11 heteroatoms. The molecule has 0 aromatic heterocycles. The molecule has 33 heavy (non-hydrogen) atoms. The van der Waals surface area contributed by atoms with Gasteiger partial charge < -0.3 is 15.4 Å². The number of carbonyl (C=O) groups excluding carboxylic acids is 1. The molecule has 1 unspecified atom stereocenters. The molecule has 0 aliphatic heterocycles. The number of nitrogens with one attached hydrogen (secondary N) is 2. The van der Waals surface area contributed by atoms with Gasteiger partial charge in [-0.2, -0.15) is 0 Å². The first kappa shape index (κ1) is 24.8. The van der Waals surface area contributed by atoms with E-state index in [0.29, 0.717) is 27.6 Å². The minimum absolute atomic E-state index is 0.121. The molecule has 2 amide bonds. The standard InChI is InChI=1S/C22H18ClF3N2O3S2/c1-2-33(30,32)16-10-7-14(8-11-16)27-21(29)28-15-9-12-17(19(23)13-15)18-5-3-4-6-20(18)31-22(24,25)26/h3-13H,2H2,1H3,(H2,27,28,29). The van der Waals surface area contributed by atoms with Gasteiger partial charge in [-0.25, -0.2) is 4.79 Å². The maximum Gasteiger partial charge on any atom is 0.573 e. The van der Waals surface area contributed by atoms with Crippen LogP contribution in [0.15, 0.2) is 71.6 Å². The molecule has 0 bridgehead atoms. The Balaban J connectivity index is 1.73. The summed E-state index contributed by atoms with van der Waals surface area (Å²) < 4.78 is 54.4. The van der Waals surface area contributed by atoms with Crippen molar-refractivity contribution in [3.8, 4) is 16.9 Å². The number of carbonyl (C=O) groups is 1. The van der Waals surface area contributed by atoms with Gasteiger partial charge in [0.15, 0.2) is 0 Å². The van der Waals surface area contributed by atoms with Crippen molar-refractivity contribution in [1.29, 1.82) is 0 Å². The van der Waals surface area contributed by atoms with Crippen LogP contribution in [0.1, 0.15) is 6.92 Å². The Morgan fingerprint density at radius 2 is 1.61 bits per heavy atom. The fourth-order valence-corrected chi connectivity index (χ4v) is 4.42. The highest BCUT2D eigenvalue weighted by molar-refractivity contribution is 8.32. The number of anilines is 2. The van der Waals surface area contributed by atoms with E-state index in [0.717, 1.165) is 0 Å². The molecule has 0 saturated carbocycles. The van der Waals surface area contributed by atoms with E-state index in [4.69, 9.17) is 22.8 Å². The number of hydrogen-bond donors (Lipinski definition) is 2. The summed E-state index contributed by atoms with van der Waals surface area (Å²) in [5, 5.41) is 5.34. The van der Waals surface area contributed by atoms with Gasteiger partial charge in [-0.05, 0) is 53.7 Å². The van der Waals surface area contributed by atoms with Gasteiger partial charge >= 0.3 is 12.4 Å². The first-order valence-corrected chi connectivity index (χ1v) is 12.6. The lowest BCUT2D eigenvalue weighted by Crippen LogP contribution is -2.19. The third-order valence-corrected chi connectivity index (χ3v) is 7.83. The van der Waals surface area contributed by atoms with Gasteiger partial charge in [0.25, 0.3) is 0 Å². The lowest BCUT2D eigenvalue weighted by atomic mass is 10.0. The highest BCUT2D eigenvalue weighted by Crippen LogP contribution is 2.38. The van der Waals surface area contributed by atoms with Gasteiger partial charge in [-0.1, -0.05) is 42.8 Å². The molecule has 0 aliphatic carbocycles. The summed E-state index contributed by atoms with van der Waals surface area (Å²) >= 11 is 11.4. The van der Waals surface area contributed by atoms with Crippen molar-refractivity contribution in [1.82, 2.24) is 0 Å². The zero-order valence-corrected chi connectivity index (χ0v) is 19.5. The molecule has 0 saturated heterocycles. The first-order valence-electron chi connectivity index (χ1n) is 9.54. The van der Waals surface area contributed by atoms with Gasteiger partial charge in [0.1, 0.15) is 5.75 Å². The number of amides is 2. The molecule has 3 rings (SSSR count). The number of ether oxygens (including phenoxy) is 1. The monoisotopic (exact) mass is 514 g/mol. The van der Waals surface area contributed by atoms with E-state index in [2.05, 4.69) is 15.4 Å². The Kier molecular flexibility index (Phi) is 7.51. The number of alkyl halides is 3. The second-order valence-electron chi connectivity index (χ2n) is 6.75. The van der Waals surface area contributed by atoms with E-state index in [1.165, 1.54) is 36.4 Å². The molecule has 3 aromatic rings. The normalized spacial score (nSPS) is 13.1. The topological polar surface area (TPSA) is 67.4 Å². The fourth-order valence-electron chi connectivity index (χ4n) is 2.92. The maximum absolute atomic E-state index is 12.7. The van der Waals surface area contributed by atoms with Crippen LogP contribution in [0, 0.1) is 0 Å². The van der Waals surface area contributed by atoms with Gasteiger partial charge in [0.2, 0.25) is 0 Å². The van der Waals surface area contributed by atoms with Gasteiger partial charge in [-0.15, -0.1) is 13.2 Å². The molecular weight excluding hydrogens is 497 g/mol. The van der Waals surface area contributed by atoms with Gasteiger partial charge in [-0.3, -0.25) is 4.21 Å². The Bertz CT molecular complexity index is 1260. The Labute approximate surface area is 198 Å². The first-order chi connectivity index (χ1) is 15.5. The zero-order chi connectivity index (χ0) is 24.2. The summed E-state index contributed by atoms with van der Waals surface area (Å²) in [5.41, 5.74) is 1.24. The average Bonchev–Trinajstić information content (AvgIpc) is 2.74. The predicted octanol–water partition coefficient (Wildman–Crippen LogP) is 6.67. The van der Waals surface area contributed by atoms with Crippen molar-refractivity contribution >= 4 is 48.7 Å². The maximum atomic E-state index is 12.7. The van der Waals surface area contributed by atoms with Crippen LogP contribution in [0.3, 0.4) is 0 Å². The van der Waals surface area contributed by atoms with Crippen LogP contribution in [0.4, 0.5) is 29.3 Å². The number of hydrogen-bond acceptors (Lipinski definition) is 4. The third-order valence-electron chi connectivity index (χ3n) is 4.48. The van der Waals surface area contributed by atoms with Crippen LogP contribution in [-0.2, 0) is 19.7 Å². The quantitative estimate of drug-likeness (QED) is 0.385. The van der Waals surface area contributed by atoms with E-state index < -0.39 is 20.9 Å². The minimum Gasteiger partial charge on any atom is -0.405 e. The molecule has 0 fully saturated rings. The summed E-state index contributed by atoms with van der Waals surface area (Å²) in [6.45, 7) is 1.74. The van der Waals surface area contributed by atoms with E-state index in [1.807, 2.05) is 0 Å². The molecule has 0 radical (unpaired) electrons. The van der Waals surface area contributed by atoms with Crippen molar-refractivity contribution in [2.45, 2.75) is 18.2 Å². The average molecular weight is 515 g/mol. The SMILES string of the molecule is CCS(=O)(=S)c1ccc(NC(=O)Nc2ccc(-c3ccccc3OC(F)(F)F)c(Cl)c2)cc1. The van der Waals surface area contributed by atoms with E-state index in [1.54, 1.807) is 37.3 Å². The summed E-state index contributed by atoms with van der Waals surface area (Å²) in [7, 11) is -2.52. The van der Waals surface area contributed by atoms with Crippen LogP contribution in [-0.4, -0.2) is 22.4 Å². The number of para-hydroxylation sites is 1. The van der Waals surface area contributed by atoms with Crippen LogP contribution >= 0.6 is 11.6 Å². The summed E-state index contributed by atoms with van der Waals surface area (Å²) in [6, 6.07) is 15.8. The lowest BCUT2D eigenvalue weighted by molar-refractivity contribution is -0.274. The number of benzene rings is 3. The molecule has 0 aliphatic rings. The molecule has 0 heterocycles. The molecule has 5 nitrogen and oxygen atoms in total. The smallest absolute Gasteiger partial charge is 0.405 e. The molecule has 1 atom stereocenters. The number of rotatable bonds is 6. The second kappa shape index (κ2) is 9.98. The third kappa shape index (κ3) is 6.59. The Hall–Kier alpha value is -2.82. The largest absolute Gasteiger partial charge is 0.573 e. The van der Waals surface area contributed by atoms with Crippen LogP contribution in [0.2, 0.25) is 5.02 Å². The molecule has 0 spiro atoms.